The van der Waals surface area contributed by atoms with Crippen molar-refractivity contribution in [3.05, 3.63) is 24.0 Å². The average molecular weight is 312 g/mol. The molecule has 0 spiro atoms. The van der Waals surface area contributed by atoms with Crippen LogP contribution in [-0.4, -0.2) is 24.8 Å². The van der Waals surface area contributed by atoms with Gasteiger partial charge >= 0.3 is 0 Å². The third-order valence-corrected chi connectivity index (χ3v) is 4.56. The zero-order chi connectivity index (χ0) is 16.2. The maximum absolute atomic E-state index is 8.27. The number of hydrogen-bond acceptors (Lipinski definition) is 4. The summed E-state index contributed by atoms with van der Waals surface area (Å²) in [6, 6.07) is 0. The zero-order valence-corrected chi connectivity index (χ0v) is 14.3. The summed E-state index contributed by atoms with van der Waals surface area (Å²) in [5, 5.41) is 8.27. The fourth-order valence-electron chi connectivity index (χ4n) is 2.59. The number of rotatable bonds is 10. The second-order valence-corrected chi connectivity index (χ2v) is 6.26. The lowest BCUT2D eigenvalue weighted by Gasteiger charge is -2.24. The summed E-state index contributed by atoms with van der Waals surface area (Å²) in [5.41, 5.74) is 1.35. The van der Waals surface area contributed by atoms with E-state index in [2.05, 4.69) is 31.7 Å². The van der Waals surface area contributed by atoms with E-state index in [1.807, 2.05) is 6.08 Å². The summed E-state index contributed by atoms with van der Waals surface area (Å²) in [6.45, 7) is 8.09. The van der Waals surface area contributed by atoms with Gasteiger partial charge in [0.15, 0.2) is 6.29 Å². The van der Waals surface area contributed by atoms with Crippen LogP contribution in [0.15, 0.2) is 24.0 Å². The second kappa shape index (κ2) is 11.7. The van der Waals surface area contributed by atoms with Crippen LogP contribution >= 0.6 is 0 Å². The largest absolute Gasteiger partial charge is 0.353 e. The SMILES string of the molecule is C/C=C(/CC[C@H](C)[C@@H](C)C/C=C/OO)COC1CCCCO1. The summed E-state index contributed by atoms with van der Waals surface area (Å²) in [6.07, 6.45) is 11.8. The highest BCUT2D eigenvalue weighted by Gasteiger charge is 2.15. The van der Waals surface area contributed by atoms with E-state index >= 15 is 0 Å². The van der Waals surface area contributed by atoms with Gasteiger partial charge in [0, 0.05) is 6.61 Å². The minimum Gasteiger partial charge on any atom is -0.353 e. The van der Waals surface area contributed by atoms with Gasteiger partial charge in [-0.25, -0.2) is 5.26 Å². The molecule has 0 aromatic carbocycles. The van der Waals surface area contributed by atoms with Gasteiger partial charge in [-0.2, -0.15) is 0 Å². The third-order valence-electron chi connectivity index (χ3n) is 4.56. The first kappa shape index (κ1) is 19.2. The summed E-state index contributed by atoms with van der Waals surface area (Å²) in [7, 11) is 0. The molecule has 1 unspecified atom stereocenters. The molecule has 128 valence electrons. The normalized spacial score (nSPS) is 22.7. The fourth-order valence-corrected chi connectivity index (χ4v) is 2.59. The molecule has 1 saturated heterocycles. The molecular formula is C18H32O4. The Kier molecular flexibility index (Phi) is 10.2. The lowest BCUT2D eigenvalue weighted by atomic mass is 9.88. The van der Waals surface area contributed by atoms with Gasteiger partial charge in [0.25, 0.3) is 0 Å². The van der Waals surface area contributed by atoms with Crippen molar-refractivity contribution in [3.63, 3.8) is 0 Å². The number of hydrogen-bond donors (Lipinski definition) is 1. The molecule has 3 atom stereocenters. The first-order valence-electron chi connectivity index (χ1n) is 8.49. The summed E-state index contributed by atoms with van der Waals surface area (Å²) in [4.78, 5) is 3.96. The molecule has 4 heteroatoms. The first-order chi connectivity index (χ1) is 10.7. The van der Waals surface area contributed by atoms with E-state index in [9.17, 15) is 0 Å². The standard InChI is InChI=1S/C18H32O4/c1-4-17(14-21-18-9-5-6-12-20-18)11-10-16(3)15(2)8-7-13-22-19/h4,7,13,15-16,18-19H,5-6,8-12,14H2,1-3H3/b13-7+,17-4-/t15-,16-,18?/m0/s1. The van der Waals surface area contributed by atoms with Gasteiger partial charge in [0.05, 0.1) is 6.61 Å². The highest BCUT2D eigenvalue weighted by Crippen LogP contribution is 2.23. The Hall–Kier alpha value is -0.840. The van der Waals surface area contributed by atoms with E-state index in [1.165, 1.54) is 18.3 Å². The van der Waals surface area contributed by atoms with Crippen LogP contribution in [0.4, 0.5) is 0 Å². The van der Waals surface area contributed by atoms with Crippen LogP contribution in [0.2, 0.25) is 0 Å². The average Bonchev–Trinajstić information content (AvgIpc) is 2.55. The summed E-state index contributed by atoms with van der Waals surface area (Å²) >= 11 is 0. The Morgan fingerprint density at radius 1 is 1.32 bits per heavy atom. The lowest BCUT2D eigenvalue weighted by Crippen LogP contribution is -2.23. The Balaban J connectivity index is 2.23. The van der Waals surface area contributed by atoms with Crippen molar-refractivity contribution in [1.29, 1.82) is 0 Å². The smallest absolute Gasteiger partial charge is 0.158 e. The van der Waals surface area contributed by atoms with Crippen molar-refractivity contribution in [2.45, 2.75) is 65.6 Å². The molecule has 22 heavy (non-hydrogen) atoms. The number of ether oxygens (including phenoxy) is 2. The molecule has 0 saturated carbocycles. The topological polar surface area (TPSA) is 47.9 Å². The van der Waals surface area contributed by atoms with Crippen molar-refractivity contribution >= 4 is 0 Å². The van der Waals surface area contributed by atoms with Crippen LogP contribution in [0.25, 0.3) is 0 Å². The minimum atomic E-state index is -0.0105. The van der Waals surface area contributed by atoms with Crippen molar-refractivity contribution in [1.82, 2.24) is 0 Å². The monoisotopic (exact) mass is 312 g/mol. The van der Waals surface area contributed by atoms with Crippen molar-refractivity contribution in [2.75, 3.05) is 13.2 Å². The van der Waals surface area contributed by atoms with Crippen LogP contribution < -0.4 is 0 Å². The molecule has 0 aromatic heterocycles. The van der Waals surface area contributed by atoms with E-state index in [-0.39, 0.29) is 6.29 Å². The molecule has 1 rings (SSSR count). The van der Waals surface area contributed by atoms with E-state index in [4.69, 9.17) is 14.7 Å². The Labute approximate surface area is 135 Å². The highest BCUT2D eigenvalue weighted by molar-refractivity contribution is 5.01. The third kappa shape index (κ3) is 7.97. The van der Waals surface area contributed by atoms with E-state index in [0.717, 1.165) is 38.7 Å². The predicted octanol–water partition coefficient (Wildman–Crippen LogP) is 4.92. The summed E-state index contributed by atoms with van der Waals surface area (Å²) in [5.74, 6) is 1.18. The van der Waals surface area contributed by atoms with Crippen LogP contribution in [-0.2, 0) is 14.4 Å². The molecule has 1 N–H and O–H groups in total. The Bertz CT molecular complexity index is 332. The van der Waals surface area contributed by atoms with E-state index in [1.54, 1.807) is 0 Å². The maximum atomic E-state index is 8.27. The molecule has 0 radical (unpaired) electrons. The van der Waals surface area contributed by atoms with Crippen molar-refractivity contribution in [3.8, 4) is 0 Å². The van der Waals surface area contributed by atoms with Crippen molar-refractivity contribution in [2.24, 2.45) is 11.8 Å². The van der Waals surface area contributed by atoms with Crippen LogP contribution in [0.1, 0.15) is 59.3 Å². The highest BCUT2D eigenvalue weighted by atomic mass is 17.1. The fraction of sp³-hybridized carbons (Fsp3) is 0.778. The molecule has 0 aromatic rings. The molecule has 1 aliphatic heterocycles. The molecule has 1 heterocycles. The van der Waals surface area contributed by atoms with E-state index in [0.29, 0.717) is 18.4 Å². The lowest BCUT2D eigenvalue weighted by molar-refractivity contribution is -0.186. The molecule has 0 bridgehead atoms. The predicted molar refractivity (Wildman–Crippen MR) is 88.3 cm³/mol. The zero-order valence-electron chi connectivity index (χ0n) is 14.3. The van der Waals surface area contributed by atoms with Crippen molar-refractivity contribution < 1.29 is 19.6 Å². The summed E-state index contributed by atoms with van der Waals surface area (Å²) < 4.78 is 11.5. The molecular weight excluding hydrogens is 280 g/mol. The van der Waals surface area contributed by atoms with Crippen LogP contribution in [0.3, 0.4) is 0 Å². The van der Waals surface area contributed by atoms with Crippen LogP contribution in [0, 0.1) is 11.8 Å². The maximum Gasteiger partial charge on any atom is 0.158 e. The molecule has 0 aliphatic carbocycles. The molecule has 4 nitrogen and oxygen atoms in total. The van der Waals surface area contributed by atoms with Gasteiger partial charge in [0.1, 0.15) is 6.26 Å². The van der Waals surface area contributed by atoms with Gasteiger partial charge < -0.3 is 14.4 Å². The minimum absolute atomic E-state index is 0.0105. The van der Waals surface area contributed by atoms with Gasteiger partial charge in [-0.1, -0.05) is 19.9 Å². The Morgan fingerprint density at radius 3 is 2.77 bits per heavy atom. The Morgan fingerprint density at radius 2 is 2.14 bits per heavy atom. The quantitative estimate of drug-likeness (QED) is 0.269. The van der Waals surface area contributed by atoms with Crippen LogP contribution in [0.5, 0.6) is 0 Å². The molecule has 0 amide bonds. The second-order valence-electron chi connectivity index (χ2n) is 6.26. The molecule has 1 aliphatic rings. The first-order valence-corrected chi connectivity index (χ1v) is 8.49. The van der Waals surface area contributed by atoms with E-state index < -0.39 is 0 Å². The number of allylic oxidation sites excluding steroid dienone is 2. The van der Waals surface area contributed by atoms with Gasteiger partial charge in [-0.05, 0) is 68.9 Å². The van der Waals surface area contributed by atoms with Gasteiger partial charge in [0.2, 0.25) is 0 Å². The molecule has 1 fully saturated rings. The van der Waals surface area contributed by atoms with Gasteiger partial charge in [-0.15, -0.1) is 0 Å². The van der Waals surface area contributed by atoms with Gasteiger partial charge in [-0.3, -0.25) is 0 Å².